The zero-order chi connectivity index (χ0) is 9.90. The van der Waals surface area contributed by atoms with Crippen LogP contribution in [0.5, 0.6) is 0 Å². The first-order valence-corrected chi connectivity index (χ1v) is 4.92. The Bertz CT molecular complexity index is 399. The van der Waals surface area contributed by atoms with Gasteiger partial charge in [-0.25, -0.2) is 13.1 Å². The highest BCUT2D eigenvalue weighted by Gasteiger charge is 2.12. The van der Waals surface area contributed by atoms with Crippen LogP contribution in [0, 0.1) is 5.41 Å². The minimum absolute atomic E-state index is 0.0881. The van der Waals surface area contributed by atoms with Gasteiger partial charge in [0.1, 0.15) is 0 Å². The van der Waals surface area contributed by atoms with E-state index in [9.17, 15) is 8.42 Å². The van der Waals surface area contributed by atoms with Crippen molar-refractivity contribution in [2.45, 2.75) is 4.90 Å². The third kappa shape index (κ3) is 2.45. The fourth-order valence-electron chi connectivity index (χ4n) is 0.803. The van der Waals surface area contributed by atoms with Crippen molar-refractivity contribution < 1.29 is 8.42 Å². The van der Waals surface area contributed by atoms with E-state index in [0.29, 0.717) is 0 Å². The van der Waals surface area contributed by atoms with E-state index < -0.39 is 16.0 Å². The van der Waals surface area contributed by atoms with Crippen molar-refractivity contribution in [1.29, 1.82) is 5.41 Å². The third-order valence-corrected chi connectivity index (χ3v) is 2.68. The molecular formula is C7H9N3O2S. The molecule has 0 radical (unpaired) electrons. The number of hydrogen-bond donors (Lipinski definition) is 3. The van der Waals surface area contributed by atoms with Crippen molar-refractivity contribution in [2.24, 2.45) is 5.73 Å². The lowest BCUT2D eigenvalue weighted by molar-refractivity contribution is 0.592. The molecular weight excluding hydrogens is 190 g/mol. The molecule has 0 aliphatic carbocycles. The van der Waals surface area contributed by atoms with Gasteiger partial charge in [-0.1, -0.05) is 18.2 Å². The topological polar surface area (TPSA) is 96.0 Å². The first-order valence-electron chi connectivity index (χ1n) is 3.44. The lowest BCUT2D eigenvalue weighted by Crippen LogP contribution is -2.35. The van der Waals surface area contributed by atoms with Gasteiger partial charge >= 0.3 is 0 Å². The monoisotopic (exact) mass is 199 g/mol. The van der Waals surface area contributed by atoms with Crippen LogP contribution in [0.4, 0.5) is 0 Å². The summed E-state index contributed by atoms with van der Waals surface area (Å²) >= 11 is 0. The average Bonchev–Trinajstić information content (AvgIpc) is 2.04. The molecule has 0 heterocycles. The van der Waals surface area contributed by atoms with E-state index in [-0.39, 0.29) is 4.90 Å². The Morgan fingerprint density at radius 2 is 1.85 bits per heavy atom. The van der Waals surface area contributed by atoms with Gasteiger partial charge in [0.25, 0.3) is 10.0 Å². The lowest BCUT2D eigenvalue weighted by Gasteiger charge is -2.04. The van der Waals surface area contributed by atoms with Crippen molar-refractivity contribution >= 4 is 16.0 Å². The molecule has 0 aliphatic heterocycles. The fourth-order valence-corrected chi connectivity index (χ4v) is 1.73. The van der Waals surface area contributed by atoms with Crippen LogP contribution in [-0.4, -0.2) is 14.4 Å². The van der Waals surface area contributed by atoms with Gasteiger partial charge in [0.05, 0.1) is 4.90 Å². The number of guanidine groups is 1. The zero-order valence-corrected chi connectivity index (χ0v) is 7.51. The molecule has 0 spiro atoms. The fraction of sp³-hybridized carbons (Fsp3) is 0. The van der Waals surface area contributed by atoms with Gasteiger partial charge in [0, 0.05) is 0 Å². The molecule has 0 unspecified atom stereocenters. The van der Waals surface area contributed by atoms with Crippen LogP contribution in [0.25, 0.3) is 0 Å². The van der Waals surface area contributed by atoms with Crippen molar-refractivity contribution in [3.63, 3.8) is 0 Å². The number of benzene rings is 1. The van der Waals surface area contributed by atoms with Crippen molar-refractivity contribution in [3.05, 3.63) is 30.3 Å². The molecule has 0 atom stereocenters. The molecule has 0 bridgehead atoms. The summed E-state index contributed by atoms with van der Waals surface area (Å²) in [7, 11) is -3.66. The summed E-state index contributed by atoms with van der Waals surface area (Å²) in [5.41, 5.74) is 4.91. The highest BCUT2D eigenvalue weighted by molar-refractivity contribution is 7.90. The molecule has 0 aromatic heterocycles. The van der Waals surface area contributed by atoms with Gasteiger partial charge in [0.15, 0.2) is 5.96 Å². The van der Waals surface area contributed by atoms with Gasteiger partial charge in [-0.05, 0) is 12.1 Å². The summed E-state index contributed by atoms with van der Waals surface area (Å²) in [5.74, 6) is -0.594. The standard InChI is InChI=1S/C7H9N3O2S/c8-7(9)10-13(11,12)6-4-2-1-3-5-6/h1-5H,(H4,8,9,10). The first kappa shape index (κ1) is 9.53. The molecule has 0 fully saturated rings. The van der Waals surface area contributed by atoms with Gasteiger partial charge in [0.2, 0.25) is 0 Å². The molecule has 0 amide bonds. The predicted molar refractivity (Wildman–Crippen MR) is 48.7 cm³/mol. The van der Waals surface area contributed by atoms with Gasteiger partial charge in [-0.3, -0.25) is 5.41 Å². The molecule has 0 saturated carbocycles. The maximum absolute atomic E-state index is 11.3. The van der Waals surface area contributed by atoms with E-state index in [1.807, 2.05) is 4.72 Å². The molecule has 5 nitrogen and oxygen atoms in total. The van der Waals surface area contributed by atoms with E-state index >= 15 is 0 Å². The molecule has 1 aromatic rings. The average molecular weight is 199 g/mol. The first-order chi connectivity index (χ1) is 6.02. The Morgan fingerprint density at radius 1 is 1.31 bits per heavy atom. The summed E-state index contributed by atoms with van der Waals surface area (Å²) < 4.78 is 24.5. The number of nitrogens with one attached hydrogen (secondary N) is 2. The molecule has 4 N–H and O–H groups in total. The zero-order valence-electron chi connectivity index (χ0n) is 6.69. The van der Waals surface area contributed by atoms with Gasteiger partial charge in [-0.2, -0.15) is 0 Å². The second-order valence-electron chi connectivity index (χ2n) is 2.33. The molecule has 0 saturated heterocycles. The van der Waals surface area contributed by atoms with E-state index in [1.54, 1.807) is 18.2 Å². The Balaban J connectivity index is 3.02. The van der Waals surface area contributed by atoms with Crippen molar-refractivity contribution in [3.8, 4) is 0 Å². The molecule has 1 aromatic carbocycles. The summed E-state index contributed by atoms with van der Waals surface area (Å²) in [6, 6.07) is 7.73. The van der Waals surface area contributed by atoms with Crippen LogP contribution in [0.15, 0.2) is 35.2 Å². The van der Waals surface area contributed by atoms with E-state index in [2.05, 4.69) is 0 Å². The lowest BCUT2D eigenvalue weighted by atomic mass is 10.4. The molecule has 1 rings (SSSR count). The summed E-state index contributed by atoms with van der Waals surface area (Å²) in [5, 5.41) is 6.79. The van der Waals surface area contributed by atoms with E-state index in [1.165, 1.54) is 12.1 Å². The predicted octanol–water partition coefficient (Wildman–Crippen LogP) is -0.142. The minimum Gasteiger partial charge on any atom is -0.369 e. The normalized spacial score (nSPS) is 10.8. The molecule has 6 heteroatoms. The highest BCUT2D eigenvalue weighted by atomic mass is 32.2. The summed E-state index contributed by atoms with van der Waals surface area (Å²) in [4.78, 5) is 0.0881. The Labute approximate surface area is 76.1 Å². The third-order valence-electron chi connectivity index (χ3n) is 1.30. The number of sulfonamides is 1. The second kappa shape index (κ2) is 3.44. The maximum atomic E-state index is 11.3. The molecule has 0 aliphatic rings. The smallest absolute Gasteiger partial charge is 0.264 e. The summed E-state index contributed by atoms with van der Waals surface area (Å²) in [6.45, 7) is 0. The van der Waals surface area contributed by atoms with Crippen LogP contribution in [0.1, 0.15) is 0 Å². The van der Waals surface area contributed by atoms with E-state index in [4.69, 9.17) is 11.1 Å². The minimum atomic E-state index is -3.66. The van der Waals surface area contributed by atoms with Crippen LogP contribution in [0.3, 0.4) is 0 Å². The highest BCUT2D eigenvalue weighted by Crippen LogP contribution is 2.05. The maximum Gasteiger partial charge on any atom is 0.264 e. The quantitative estimate of drug-likeness (QED) is 0.457. The van der Waals surface area contributed by atoms with Gasteiger partial charge < -0.3 is 5.73 Å². The van der Waals surface area contributed by atoms with Crippen LogP contribution >= 0.6 is 0 Å². The number of nitrogens with two attached hydrogens (primary N) is 1. The SMILES string of the molecule is N=C(N)NS(=O)(=O)c1ccccc1. The summed E-state index contributed by atoms with van der Waals surface area (Å²) in [6.07, 6.45) is 0. The van der Waals surface area contributed by atoms with Gasteiger partial charge in [-0.15, -0.1) is 0 Å². The second-order valence-corrected chi connectivity index (χ2v) is 4.01. The Morgan fingerprint density at radius 3 is 2.31 bits per heavy atom. The van der Waals surface area contributed by atoms with Crippen molar-refractivity contribution in [2.75, 3.05) is 0 Å². The molecule has 70 valence electrons. The Hall–Kier alpha value is -1.56. The van der Waals surface area contributed by atoms with Crippen LogP contribution < -0.4 is 10.5 Å². The Kier molecular flexibility index (Phi) is 2.52. The number of rotatable bonds is 2. The largest absolute Gasteiger partial charge is 0.369 e. The molecule has 13 heavy (non-hydrogen) atoms. The van der Waals surface area contributed by atoms with Crippen LogP contribution in [0.2, 0.25) is 0 Å². The van der Waals surface area contributed by atoms with Crippen LogP contribution in [-0.2, 0) is 10.0 Å². The van der Waals surface area contributed by atoms with E-state index in [0.717, 1.165) is 0 Å². The number of hydrogen-bond acceptors (Lipinski definition) is 3. The van der Waals surface area contributed by atoms with Crippen molar-refractivity contribution in [1.82, 2.24) is 4.72 Å².